The molecule has 0 aliphatic heterocycles. The van der Waals surface area contributed by atoms with E-state index in [0.717, 1.165) is 24.1 Å². The number of fused-ring (bicyclic) bond motifs is 1. The summed E-state index contributed by atoms with van der Waals surface area (Å²) in [6, 6.07) is 13.0. The number of hydrogen-bond acceptors (Lipinski definition) is 4. The van der Waals surface area contributed by atoms with Crippen LogP contribution in [0.3, 0.4) is 0 Å². The van der Waals surface area contributed by atoms with Gasteiger partial charge in [-0.15, -0.1) is 0 Å². The molecule has 4 rings (SSSR count). The summed E-state index contributed by atoms with van der Waals surface area (Å²) in [7, 11) is 0. The fraction of sp³-hybridized carbons (Fsp3) is 0.286. The first-order valence-electron chi connectivity index (χ1n) is 9.19. The highest BCUT2D eigenvalue weighted by Crippen LogP contribution is 2.27. The minimum Gasteiger partial charge on any atom is -0.352 e. The van der Waals surface area contributed by atoms with Gasteiger partial charge in [0, 0.05) is 11.1 Å². The third-order valence-corrected chi connectivity index (χ3v) is 5.92. The van der Waals surface area contributed by atoms with Crippen LogP contribution in [0.25, 0.3) is 16.6 Å². The van der Waals surface area contributed by atoms with Gasteiger partial charge in [-0.2, -0.15) is 0 Å². The third kappa shape index (κ3) is 3.93. The summed E-state index contributed by atoms with van der Waals surface area (Å²) < 4.78 is 1.58. The van der Waals surface area contributed by atoms with Gasteiger partial charge in [-0.05, 0) is 62.6 Å². The predicted molar refractivity (Wildman–Crippen MR) is 114 cm³/mol. The molecule has 1 amide bonds. The first-order valence-corrected chi connectivity index (χ1v) is 10.4. The number of carbonyl (C=O) groups is 1. The van der Waals surface area contributed by atoms with Crippen LogP contribution in [0.2, 0.25) is 5.02 Å². The normalized spacial score (nSPS) is 14.8. The average molecular weight is 414 g/mol. The maximum absolute atomic E-state index is 13.3. The summed E-state index contributed by atoms with van der Waals surface area (Å²) in [5, 5.41) is 4.12. The fourth-order valence-electron chi connectivity index (χ4n) is 2.97. The van der Waals surface area contributed by atoms with Crippen molar-refractivity contribution in [3.63, 3.8) is 0 Å². The number of nitrogens with one attached hydrogen (secondary N) is 1. The quantitative estimate of drug-likeness (QED) is 0.505. The number of nitrogens with zero attached hydrogens (tertiary/aromatic N) is 2. The van der Waals surface area contributed by atoms with Crippen molar-refractivity contribution in [2.24, 2.45) is 0 Å². The monoisotopic (exact) mass is 413 g/mol. The van der Waals surface area contributed by atoms with Gasteiger partial charge >= 0.3 is 0 Å². The number of thioether (sulfide) groups is 1. The van der Waals surface area contributed by atoms with Crippen molar-refractivity contribution < 1.29 is 4.79 Å². The van der Waals surface area contributed by atoms with Crippen LogP contribution in [0.15, 0.2) is 52.4 Å². The van der Waals surface area contributed by atoms with E-state index < -0.39 is 0 Å². The van der Waals surface area contributed by atoms with Gasteiger partial charge < -0.3 is 5.32 Å². The summed E-state index contributed by atoms with van der Waals surface area (Å²) in [5.74, 6) is -0.0382. The van der Waals surface area contributed by atoms with E-state index in [1.165, 1.54) is 11.8 Å². The number of benzene rings is 2. The molecule has 0 saturated heterocycles. The molecule has 1 atom stereocenters. The molecule has 1 saturated carbocycles. The molecular weight excluding hydrogens is 394 g/mol. The van der Waals surface area contributed by atoms with E-state index in [0.29, 0.717) is 21.1 Å². The number of halogens is 1. The highest BCUT2D eigenvalue weighted by Gasteiger charge is 2.27. The van der Waals surface area contributed by atoms with Crippen LogP contribution in [0.1, 0.15) is 25.3 Å². The molecule has 2 aromatic carbocycles. The fourth-order valence-corrected chi connectivity index (χ4v) is 4.07. The lowest BCUT2D eigenvalue weighted by Gasteiger charge is -2.17. The zero-order valence-electron chi connectivity index (χ0n) is 15.6. The lowest BCUT2D eigenvalue weighted by Crippen LogP contribution is -2.33. The molecular formula is C21H20ClN3O2S. The van der Waals surface area contributed by atoms with E-state index in [4.69, 9.17) is 11.6 Å². The van der Waals surface area contributed by atoms with E-state index in [9.17, 15) is 9.59 Å². The Kier molecular flexibility index (Phi) is 5.17. The van der Waals surface area contributed by atoms with Gasteiger partial charge in [0.15, 0.2) is 5.16 Å². The maximum Gasteiger partial charge on any atom is 0.266 e. The summed E-state index contributed by atoms with van der Waals surface area (Å²) in [6.07, 6.45) is 2.06. The highest BCUT2D eigenvalue weighted by atomic mass is 35.5. The second kappa shape index (κ2) is 7.60. The van der Waals surface area contributed by atoms with Gasteiger partial charge in [-0.1, -0.05) is 35.5 Å². The Labute approximate surface area is 172 Å². The molecule has 1 heterocycles. The summed E-state index contributed by atoms with van der Waals surface area (Å²) in [6.45, 7) is 3.80. The minimum atomic E-state index is -0.375. The van der Waals surface area contributed by atoms with Crippen molar-refractivity contribution in [1.82, 2.24) is 14.9 Å². The largest absolute Gasteiger partial charge is 0.352 e. The first-order chi connectivity index (χ1) is 13.4. The number of aromatic nitrogens is 2. The van der Waals surface area contributed by atoms with Crippen LogP contribution in [-0.2, 0) is 4.79 Å². The van der Waals surface area contributed by atoms with Gasteiger partial charge in [0.1, 0.15) is 0 Å². The maximum atomic E-state index is 13.3. The second-order valence-corrected chi connectivity index (χ2v) is 8.82. The Morgan fingerprint density at radius 3 is 2.79 bits per heavy atom. The van der Waals surface area contributed by atoms with Crippen molar-refractivity contribution in [2.45, 2.75) is 43.1 Å². The van der Waals surface area contributed by atoms with Crippen molar-refractivity contribution in [1.29, 1.82) is 0 Å². The van der Waals surface area contributed by atoms with Gasteiger partial charge in [0.05, 0.1) is 21.8 Å². The predicted octanol–water partition coefficient (Wildman–Crippen LogP) is 4.11. The molecule has 1 aliphatic rings. The molecule has 0 spiro atoms. The van der Waals surface area contributed by atoms with Crippen molar-refractivity contribution in [3.05, 3.63) is 63.4 Å². The molecule has 1 aliphatic carbocycles. The Morgan fingerprint density at radius 1 is 1.29 bits per heavy atom. The molecule has 7 heteroatoms. The number of hydrogen-bond donors (Lipinski definition) is 1. The standard InChI is InChI=1S/C21H20ClN3O2S/c1-12-4-3-5-16(10-12)25-20(27)17-9-6-14(22)11-18(17)24-21(25)28-13(2)19(26)23-15-7-8-15/h3-6,9-11,13,15H,7-8H2,1-2H3,(H,23,26)/t13-/m0/s1. The lowest BCUT2D eigenvalue weighted by molar-refractivity contribution is -0.120. The first kappa shape index (κ1) is 19.0. The molecule has 0 unspecified atom stereocenters. The molecule has 28 heavy (non-hydrogen) atoms. The van der Waals surface area contributed by atoms with Crippen molar-refractivity contribution in [2.75, 3.05) is 0 Å². The lowest BCUT2D eigenvalue weighted by atomic mass is 10.2. The van der Waals surface area contributed by atoms with Crippen LogP contribution >= 0.6 is 23.4 Å². The number of amides is 1. The minimum absolute atomic E-state index is 0.0382. The van der Waals surface area contributed by atoms with Gasteiger partial charge in [0.25, 0.3) is 5.56 Å². The van der Waals surface area contributed by atoms with Crippen LogP contribution in [0.4, 0.5) is 0 Å². The van der Waals surface area contributed by atoms with E-state index in [1.807, 2.05) is 38.1 Å². The Balaban J connectivity index is 1.83. The topological polar surface area (TPSA) is 64.0 Å². The molecule has 144 valence electrons. The molecule has 3 aromatic rings. The zero-order valence-corrected chi connectivity index (χ0v) is 17.2. The third-order valence-electron chi connectivity index (χ3n) is 4.64. The average Bonchev–Trinajstić information content (AvgIpc) is 3.45. The molecule has 1 fully saturated rings. The number of carbonyl (C=O) groups excluding carboxylic acids is 1. The number of aryl methyl sites for hydroxylation is 1. The van der Waals surface area contributed by atoms with Crippen LogP contribution in [0.5, 0.6) is 0 Å². The van der Waals surface area contributed by atoms with Crippen molar-refractivity contribution in [3.8, 4) is 5.69 Å². The highest BCUT2D eigenvalue weighted by molar-refractivity contribution is 8.00. The van der Waals surface area contributed by atoms with Gasteiger partial charge in [-0.25, -0.2) is 4.98 Å². The smallest absolute Gasteiger partial charge is 0.266 e. The molecule has 1 N–H and O–H groups in total. The van der Waals surface area contributed by atoms with E-state index in [1.54, 1.807) is 22.8 Å². The summed E-state index contributed by atoms with van der Waals surface area (Å²) in [4.78, 5) is 30.4. The van der Waals surface area contributed by atoms with E-state index in [-0.39, 0.29) is 22.8 Å². The van der Waals surface area contributed by atoms with Gasteiger partial charge in [-0.3, -0.25) is 14.2 Å². The van der Waals surface area contributed by atoms with Crippen LogP contribution in [-0.4, -0.2) is 26.8 Å². The molecule has 5 nitrogen and oxygen atoms in total. The summed E-state index contributed by atoms with van der Waals surface area (Å²) in [5.41, 5.74) is 2.12. The second-order valence-electron chi connectivity index (χ2n) is 7.08. The molecule has 0 bridgehead atoms. The molecule has 0 radical (unpaired) electrons. The van der Waals surface area contributed by atoms with Crippen LogP contribution < -0.4 is 10.9 Å². The SMILES string of the molecule is Cc1cccc(-n2c(S[C@@H](C)C(=O)NC3CC3)nc3cc(Cl)ccc3c2=O)c1. The van der Waals surface area contributed by atoms with E-state index >= 15 is 0 Å². The Morgan fingerprint density at radius 2 is 2.07 bits per heavy atom. The molecule has 1 aromatic heterocycles. The van der Waals surface area contributed by atoms with Crippen molar-refractivity contribution >= 4 is 40.2 Å². The van der Waals surface area contributed by atoms with Crippen LogP contribution in [0, 0.1) is 6.92 Å². The van der Waals surface area contributed by atoms with E-state index in [2.05, 4.69) is 10.3 Å². The summed E-state index contributed by atoms with van der Waals surface area (Å²) >= 11 is 7.38. The van der Waals surface area contributed by atoms with Gasteiger partial charge in [0.2, 0.25) is 5.91 Å². The zero-order chi connectivity index (χ0) is 19.8. The Bertz CT molecular complexity index is 1120. The Hall–Kier alpha value is -2.31. The number of rotatable bonds is 5.